The summed E-state index contributed by atoms with van der Waals surface area (Å²) in [6, 6.07) is 0. The van der Waals surface area contributed by atoms with Crippen LogP contribution < -0.4 is 0 Å². The van der Waals surface area contributed by atoms with Gasteiger partial charge in [0.1, 0.15) is 0 Å². The van der Waals surface area contributed by atoms with E-state index >= 15 is 0 Å². The molecule has 0 heterocycles. The van der Waals surface area contributed by atoms with Gasteiger partial charge >= 0.3 is 0 Å². The molecule has 0 aliphatic carbocycles. The lowest BCUT2D eigenvalue weighted by atomic mass is 10.1. The molecule has 0 aromatic carbocycles. The Morgan fingerprint density at radius 3 is 1.36 bits per heavy atom. The van der Waals surface area contributed by atoms with E-state index in [2.05, 4.69) is 62.0 Å². The predicted molar refractivity (Wildman–Crippen MR) is 152 cm³/mol. The van der Waals surface area contributed by atoms with Gasteiger partial charge in [0, 0.05) is 13.1 Å². The van der Waals surface area contributed by atoms with Gasteiger partial charge in [0.05, 0.1) is 0 Å². The van der Waals surface area contributed by atoms with Crippen molar-refractivity contribution < 1.29 is 0 Å². The quantitative estimate of drug-likeness (QED) is 0.0932. The molecule has 0 amide bonds. The van der Waals surface area contributed by atoms with Crippen molar-refractivity contribution in [1.29, 1.82) is 0 Å². The molecule has 2 heteroatoms. The summed E-state index contributed by atoms with van der Waals surface area (Å²) in [5, 5.41) is 0. The molecule has 0 fully saturated rings. The van der Waals surface area contributed by atoms with Crippen LogP contribution >= 0.6 is 0 Å². The fourth-order valence-electron chi connectivity index (χ4n) is 4.29. The minimum atomic E-state index is 1.12. The zero-order valence-corrected chi connectivity index (χ0v) is 23.5. The van der Waals surface area contributed by atoms with E-state index in [1.807, 2.05) is 0 Å². The van der Waals surface area contributed by atoms with Gasteiger partial charge in [0.25, 0.3) is 0 Å². The third-order valence-electron chi connectivity index (χ3n) is 6.62. The van der Waals surface area contributed by atoms with E-state index in [9.17, 15) is 0 Å². The first-order valence-electron chi connectivity index (χ1n) is 14.9. The molecule has 0 rings (SSSR count). The van der Waals surface area contributed by atoms with Crippen LogP contribution in [0.4, 0.5) is 0 Å². The molecule has 33 heavy (non-hydrogen) atoms. The minimum absolute atomic E-state index is 1.12. The number of likely N-dealkylation sites (N-methyl/N-ethyl adjacent to an activating group) is 1. The molecule has 0 bridgehead atoms. The average molecular weight is 463 g/mol. The van der Waals surface area contributed by atoms with Crippen molar-refractivity contribution in [2.24, 2.45) is 0 Å². The van der Waals surface area contributed by atoms with Gasteiger partial charge in [0.2, 0.25) is 0 Å². The molecule has 0 aromatic rings. The van der Waals surface area contributed by atoms with E-state index < -0.39 is 0 Å². The van der Waals surface area contributed by atoms with Crippen LogP contribution in [0, 0.1) is 0 Å². The van der Waals surface area contributed by atoms with Crippen LogP contribution in [0.15, 0.2) is 24.3 Å². The Balaban J connectivity index is 3.64. The number of hydrogen-bond acceptors (Lipinski definition) is 2. The summed E-state index contributed by atoms with van der Waals surface area (Å²) in [7, 11) is 4.40. The van der Waals surface area contributed by atoms with Crippen molar-refractivity contribution in [3.05, 3.63) is 24.3 Å². The van der Waals surface area contributed by atoms with Gasteiger partial charge in [-0.15, -0.1) is 0 Å². The van der Waals surface area contributed by atoms with Crippen molar-refractivity contribution in [2.45, 2.75) is 136 Å². The Morgan fingerprint density at radius 1 is 0.424 bits per heavy atom. The lowest BCUT2D eigenvalue weighted by Crippen LogP contribution is -2.33. The van der Waals surface area contributed by atoms with E-state index in [1.54, 1.807) is 0 Å². The Morgan fingerprint density at radius 2 is 0.848 bits per heavy atom. The molecule has 0 saturated heterocycles. The Hall–Kier alpha value is -0.600. The zero-order valence-electron chi connectivity index (χ0n) is 23.5. The molecule has 0 atom stereocenters. The summed E-state index contributed by atoms with van der Waals surface area (Å²) < 4.78 is 0. The highest BCUT2D eigenvalue weighted by Crippen LogP contribution is 2.11. The first kappa shape index (κ1) is 32.4. The largest absolute Gasteiger partial charge is 0.308 e. The highest BCUT2D eigenvalue weighted by atomic mass is 15.2. The second-order valence-electron chi connectivity index (χ2n) is 10.4. The van der Waals surface area contributed by atoms with Gasteiger partial charge in [-0.3, -0.25) is 0 Å². The van der Waals surface area contributed by atoms with E-state index in [4.69, 9.17) is 0 Å². The Bertz CT molecular complexity index is 413. The average Bonchev–Trinajstić information content (AvgIpc) is 2.81. The molecule has 0 saturated carbocycles. The maximum absolute atomic E-state index is 2.73. The van der Waals surface area contributed by atoms with Crippen LogP contribution in [0.5, 0.6) is 0 Å². The summed E-state index contributed by atoms with van der Waals surface area (Å²) in [5.74, 6) is 0. The van der Waals surface area contributed by atoms with Crippen LogP contribution in [-0.2, 0) is 0 Å². The summed E-state index contributed by atoms with van der Waals surface area (Å²) in [5.41, 5.74) is 0. The second kappa shape index (κ2) is 27.6. The molecule has 0 aliphatic heterocycles. The molecular formula is C31H62N2. The smallest absolute Gasteiger partial charge is 0.0109 e. The molecular weight excluding hydrogens is 400 g/mol. The van der Waals surface area contributed by atoms with E-state index in [0.717, 1.165) is 6.42 Å². The molecule has 0 N–H and O–H groups in total. The van der Waals surface area contributed by atoms with Crippen LogP contribution in [-0.4, -0.2) is 50.1 Å². The van der Waals surface area contributed by atoms with Gasteiger partial charge in [-0.2, -0.15) is 0 Å². The molecule has 2 nitrogen and oxygen atoms in total. The van der Waals surface area contributed by atoms with E-state index in [1.165, 1.54) is 142 Å². The number of nitrogens with zero attached hydrogens (tertiary/aromatic N) is 2. The zero-order chi connectivity index (χ0) is 24.2. The maximum atomic E-state index is 2.73. The van der Waals surface area contributed by atoms with E-state index in [-0.39, 0.29) is 0 Å². The number of allylic oxidation sites excluding steroid dienone is 4. The number of rotatable bonds is 26. The van der Waals surface area contributed by atoms with Gasteiger partial charge in [-0.05, 0) is 72.1 Å². The number of unbranched alkanes of at least 4 members (excludes halogenated alkanes) is 15. The highest BCUT2D eigenvalue weighted by molar-refractivity contribution is 4.92. The van der Waals surface area contributed by atoms with Crippen molar-refractivity contribution in [3.63, 3.8) is 0 Å². The molecule has 0 spiro atoms. The lowest BCUT2D eigenvalue weighted by Gasteiger charge is -2.24. The summed E-state index contributed by atoms with van der Waals surface area (Å²) in [4.78, 5) is 5.06. The van der Waals surface area contributed by atoms with Gasteiger partial charge in [0.15, 0.2) is 0 Å². The van der Waals surface area contributed by atoms with Crippen molar-refractivity contribution in [1.82, 2.24) is 9.80 Å². The summed E-state index contributed by atoms with van der Waals surface area (Å²) >= 11 is 0. The van der Waals surface area contributed by atoms with Crippen LogP contribution in [0.1, 0.15) is 136 Å². The Kier molecular flexibility index (Phi) is 27.1. The van der Waals surface area contributed by atoms with Gasteiger partial charge in [-0.25, -0.2) is 0 Å². The highest BCUT2D eigenvalue weighted by Gasteiger charge is 2.05. The standard InChI is InChI=1S/C31H62N2/c1-5-7-9-11-13-14-15-16-17-18-19-20-21-23-25-27-29-33(31-30-32(3)4)28-26-24-22-12-10-8-6-2/h13-14,16-17H,5-12,15,18-31H2,1-4H3/b14-13+,17-16+. The molecule has 0 radical (unpaired) electrons. The summed E-state index contributed by atoms with van der Waals surface area (Å²) in [6.07, 6.45) is 35.4. The molecule has 0 aliphatic rings. The van der Waals surface area contributed by atoms with Crippen molar-refractivity contribution in [2.75, 3.05) is 40.3 Å². The van der Waals surface area contributed by atoms with Crippen LogP contribution in [0.3, 0.4) is 0 Å². The third-order valence-corrected chi connectivity index (χ3v) is 6.62. The van der Waals surface area contributed by atoms with E-state index in [0.29, 0.717) is 0 Å². The molecule has 196 valence electrons. The van der Waals surface area contributed by atoms with Crippen molar-refractivity contribution >= 4 is 0 Å². The topological polar surface area (TPSA) is 6.48 Å². The van der Waals surface area contributed by atoms with Crippen LogP contribution in [0.2, 0.25) is 0 Å². The normalized spacial score (nSPS) is 12.3. The lowest BCUT2D eigenvalue weighted by molar-refractivity contribution is 0.231. The van der Waals surface area contributed by atoms with Crippen LogP contribution in [0.25, 0.3) is 0 Å². The molecule has 0 aromatic heterocycles. The van der Waals surface area contributed by atoms with Gasteiger partial charge < -0.3 is 9.80 Å². The van der Waals surface area contributed by atoms with Crippen molar-refractivity contribution in [3.8, 4) is 0 Å². The predicted octanol–water partition coefficient (Wildman–Crippen LogP) is 9.41. The third kappa shape index (κ3) is 27.5. The first-order chi connectivity index (χ1) is 16.2. The Labute approximate surface area is 210 Å². The summed E-state index contributed by atoms with van der Waals surface area (Å²) in [6.45, 7) is 9.62. The first-order valence-corrected chi connectivity index (χ1v) is 14.9. The monoisotopic (exact) mass is 462 g/mol. The number of hydrogen-bond donors (Lipinski definition) is 0. The fraction of sp³-hybridized carbons (Fsp3) is 0.871. The second-order valence-corrected chi connectivity index (χ2v) is 10.4. The SMILES string of the molecule is CCCCC/C=C/C/C=C/CCCCCCCCN(CCCCCCCCC)CCN(C)C. The molecule has 0 unspecified atom stereocenters. The fourth-order valence-corrected chi connectivity index (χ4v) is 4.29. The van der Waals surface area contributed by atoms with Gasteiger partial charge in [-0.1, -0.05) is 115 Å². The maximum Gasteiger partial charge on any atom is 0.0109 e. The minimum Gasteiger partial charge on any atom is -0.308 e.